The van der Waals surface area contributed by atoms with E-state index in [9.17, 15) is 0 Å². The van der Waals surface area contributed by atoms with Gasteiger partial charge in [-0.1, -0.05) is 146 Å². The predicted octanol–water partition coefficient (Wildman–Crippen LogP) is 14.9. The Kier molecular flexibility index (Phi) is 8.18. The first-order valence-electron chi connectivity index (χ1n) is 19.1. The van der Waals surface area contributed by atoms with Crippen LogP contribution in [0.2, 0.25) is 0 Å². The molecule has 0 fully saturated rings. The van der Waals surface area contributed by atoms with Crippen molar-refractivity contribution in [3.63, 3.8) is 0 Å². The van der Waals surface area contributed by atoms with E-state index < -0.39 is 0 Å². The van der Waals surface area contributed by atoms with Crippen molar-refractivity contribution >= 4 is 66.5 Å². The summed E-state index contributed by atoms with van der Waals surface area (Å²) in [6.45, 7) is 4.51. The molecule has 8 aromatic carbocycles. The average Bonchev–Trinajstić information content (AvgIpc) is 3.80. The van der Waals surface area contributed by atoms with Gasteiger partial charge in [0.15, 0.2) is 0 Å². The minimum Gasteiger partial charge on any atom is -0.456 e. The van der Waals surface area contributed by atoms with Crippen molar-refractivity contribution in [1.82, 2.24) is 0 Å². The first kappa shape index (κ1) is 32.7. The molecule has 0 N–H and O–H groups in total. The number of thioether (sulfide) groups is 1. The van der Waals surface area contributed by atoms with Gasteiger partial charge >= 0.3 is 0 Å². The Morgan fingerprint density at radius 2 is 1.24 bits per heavy atom. The molecule has 0 saturated carbocycles. The van der Waals surface area contributed by atoms with Crippen molar-refractivity contribution < 1.29 is 4.42 Å². The third kappa shape index (κ3) is 5.54. The Balaban J connectivity index is 1.03. The van der Waals surface area contributed by atoms with Crippen molar-refractivity contribution in [2.75, 3.05) is 0 Å². The molecule has 1 aliphatic heterocycles. The topological polar surface area (TPSA) is 25.5 Å². The fourth-order valence-corrected chi connectivity index (χ4v) is 9.61. The zero-order valence-corrected chi connectivity index (χ0v) is 31.3. The van der Waals surface area contributed by atoms with Crippen LogP contribution >= 0.6 is 11.8 Å². The number of benzene rings is 8. The maximum atomic E-state index is 6.28. The lowest BCUT2D eigenvalue weighted by Crippen LogP contribution is -2.04. The SMILES string of the molecule is CCCC/C(=C1/Sc2ccccc2C1=NC(C)c1cccc(-c2cccc(-c3ccc4c(c3)c3cccc5oc6cccc4c6c53)c2)c1)c1ccccc1. The van der Waals surface area contributed by atoms with Crippen LogP contribution in [0, 0.1) is 0 Å². The summed E-state index contributed by atoms with van der Waals surface area (Å²) in [5.41, 5.74) is 13.0. The van der Waals surface area contributed by atoms with Gasteiger partial charge in [0.05, 0.1) is 11.8 Å². The van der Waals surface area contributed by atoms with Crippen molar-refractivity contribution in [2.45, 2.75) is 44.0 Å². The normalized spacial score (nSPS) is 15.2. The molecule has 10 rings (SSSR count). The standard InChI is InChI=1S/C51H39NOS/c1-3-4-20-39(33-14-6-5-7-15-33)51-50(43-21-8-9-26-47(43)54-51)52-32(2)34-16-10-17-35(29-34)36-18-11-19-37(30-36)38-27-28-40-41-22-12-24-45-48(41)49-42(44(40)31-38)23-13-25-46(49)53-45/h5-19,21-32H,3-4,20H2,1-2H3/b51-39-,52-50?. The van der Waals surface area contributed by atoms with Gasteiger partial charge in [-0.25, -0.2) is 0 Å². The van der Waals surface area contributed by atoms with Crippen molar-refractivity contribution in [1.29, 1.82) is 0 Å². The number of nitrogens with zero attached hydrogens (tertiary/aromatic N) is 1. The maximum absolute atomic E-state index is 6.28. The van der Waals surface area contributed by atoms with Gasteiger partial charge in [-0.15, -0.1) is 0 Å². The smallest absolute Gasteiger partial charge is 0.136 e. The molecule has 1 aromatic heterocycles. The van der Waals surface area contributed by atoms with Crippen LogP contribution < -0.4 is 0 Å². The van der Waals surface area contributed by atoms with E-state index in [0.29, 0.717) is 0 Å². The lowest BCUT2D eigenvalue weighted by atomic mass is 9.91. The van der Waals surface area contributed by atoms with Gasteiger partial charge in [-0.05, 0) is 117 Å². The highest BCUT2D eigenvalue weighted by Crippen LogP contribution is 2.47. The van der Waals surface area contributed by atoms with E-state index >= 15 is 0 Å². The number of aliphatic imine (C=N–C) groups is 1. The summed E-state index contributed by atoms with van der Waals surface area (Å²) < 4.78 is 6.28. The summed E-state index contributed by atoms with van der Waals surface area (Å²) in [6, 6.07) is 57.3. The average molecular weight is 714 g/mol. The lowest BCUT2D eigenvalue weighted by molar-refractivity contribution is 0.669. The van der Waals surface area contributed by atoms with E-state index in [1.807, 2.05) is 11.8 Å². The number of unbranched alkanes of at least 4 members (excludes halogenated alkanes) is 1. The van der Waals surface area contributed by atoms with Gasteiger partial charge < -0.3 is 4.42 Å². The molecule has 1 aliphatic rings. The fourth-order valence-electron chi connectivity index (χ4n) is 8.37. The van der Waals surface area contributed by atoms with Crippen molar-refractivity contribution in [3.05, 3.63) is 179 Å². The molecule has 3 heteroatoms. The molecule has 1 unspecified atom stereocenters. The second kappa shape index (κ2) is 13.5. The summed E-state index contributed by atoms with van der Waals surface area (Å²) in [7, 11) is 0. The Morgan fingerprint density at radius 3 is 2.00 bits per heavy atom. The fraction of sp³-hybridized carbons (Fsp3) is 0.118. The lowest BCUT2D eigenvalue weighted by Gasteiger charge is -2.15. The van der Waals surface area contributed by atoms with Crippen LogP contribution in [0.4, 0.5) is 0 Å². The van der Waals surface area contributed by atoms with E-state index in [-0.39, 0.29) is 6.04 Å². The largest absolute Gasteiger partial charge is 0.456 e. The molecular weight excluding hydrogens is 675 g/mol. The van der Waals surface area contributed by atoms with Crippen molar-refractivity contribution in [2.24, 2.45) is 4.99 Å². The van der Waals surface area contributed by atoms with Crippen LogP contribution in [0.25, 0.3) is 71.3 Å². The van der Waals surface area contributed by atoms with Gasteiger partial charge in [0.2, 0.25) is 0 Å². The summed E-state index contributed by atoms with van der Waals surface area (Å²) in [6.07, 6.45) is 3.35. The minimum absolute atomic E-state index is 0.0197. The molecule has 2 nitrogen and oxygen atoms in total. The van der Waals surface area contributed by atoms with Gasteiger partial charge in [0, 0.05) is 26.1 Å². The molecular formula is C51H39NOS. The Bertz CT molecular complexity index is 2910. The second-order valence-corrected chi connectivity index (χ2v) is 15.5. The molecule has 54 heavy (non-hydrogen) atoms. The second-order valence-electron chi connectivity index (χ2n) is 14.5. The molecule has 9 aromatic rings. The van der Waals surface area contributed by atoms with E-state index in [1.165, 1.54) is 86.6 Å². The predicted molar refractivity (Wildman–Crippen MR) is 231 cm³/mol. The zero-order valence-electron chi connectivity index (χ0n) is 30.5. The highest BCUT2D eigenvalue weighted by molar-refractivity contribution is 8.05. The molecule has 0 aliphatic carbocycles. The molecule has 260 valence electrons. The molecule has 0 saturated heterocycles. The zero-order chi connectivity index (χ0) is 36.2. The van der Waals surface area contributed by atoms with Crippen LogP contribution in [0.3, 0.4) is 0 Å². The summed E-state index contributed by atoms with van der Waals surface area (Å²) in [5, 5.41) is 7.44. The van der Waals surface area contributed by atoms with Crippen LogP contribution in [-0.2, 0) is 0 Å². The third-order valence-corrected chi connectivity index (χ3v) is 12.3. The quantitative estimate of drug-likeness (QED) is 0.147. The Hall–Kier alpha value is -5.90. The van der Waals surface area contributed by atoms with Gasteiger partial charge in [0.25, 0.3) is 0 Å². The molecule has 0 radical (unpaired) electrons. The number of fused-ring (bicyclic) bond motifs is 4. The van der Waals surface area contributed by atoms with Crippen LogP contribution in [-0.4, -0.2) is 5.71 Å². The highest BCUT2D eigenvalue weighted by atomic mass is 32.2. The number of hydrogen-bond acceptors (Lipinski definition) is 3. The van der Waals surface area contributed by atoms with Gasteiger partial charge in [0.1, 0.15) is 11.2 Å². The summed E-state index contributed by atoms with van der Waals surface area (Å²) >= 11 is 1.88. The Morgan fingerprint density at radius 1 is 0.593 bits per heavy atom. The molecule has 0 bridgehead atoms. The van der Waals surface area contributed by atoms with Crippen molar-refractivity contribution in [3.8, 4) is 22.3 Å². The number of hydrogen-bond donors (Lipinski definition) is 0. The maximum Gasteiger partial charge on any atom is 0.136 e. The number of rotatable bonds is 8. The highest BCUT2D eigenvalue weighted by Gasteiger charge is 2.28. The molecule has 0 spiro atoms. The first-order valence-corrected chi connectivity index (χ1v) is 19.9. The molecule has 2 heterocycles. The van der Waals surface area contributed by atoms with Crippen LogP contribution in [0.15, 0.2) is 177 Å². The van der Waals surface area contributed by atoms with Gasteiger partial charge in [-0.3, -0.25) is 4.99 Å². The van der Waals surface area contributed by atoms with Crippen LogP contribution in [0.5, 0.6) is 0 Å². The van der Waals surface area contributed by atoms with E-state index in [0.717, 1.165) is 36.1 Å². The number of allylic oxidation sites excluding steroid dienone is 2. The van der Waals surface area contributed by atoms with E-state index in [4.69, 9.17) is 9.41 Å². The summed E-state index contributed by atoms with van der Waals surface area (Å²) in [5.74, 6) is 0. The van der Waals surface area contributed by atoms with Gasteiger partial charge in [-0.2, -0.15) is 0 Å². The molecule has 0 amide bonds. The third-order valence-electron chi connectivity index (χ3n) is 11.1. The molecule has 1 atom stereocenters. The monoisotopic (exact) mass is 713 g/mol. The van der Waals surface area contributed by atoms with E-state index in [2.05, 4.69) is 172 Å². The number of furan rings is 1. The Labute approximate surface area is 320 Å². The first-order chi connectivity index (χ1) is 26.6. The summed E-state index contributed by atoms with van der Waals surface area (Å²) in [4.78, 5) is 8.12. The van der Waals surface area contributed by atoms with Crippen LogP contribution in [0.1, 0.15) is 55.8 Å². The van der Waals surface area contributed by atoms with E-state index in [1.54, 1.807) is 0 Å². The minimum atomic E-state index is -0.0197.